The summed E-state index contributed by atoms with van der Waals surface area (Å²) in [5.41, 5.74) is 5.40. The molecule has 212 valence electrons. The van der Waals surface area contributed by atoms with Crippen molar-refractivity contribution in [2.45, 2.75) is 57.0 Å². The van der Waals surface area contributed by atoms with Crippen molar-refractivity contribution < 1.29 is 9.59 Å². The molecule has 2 amide bonds. The fourth-order valence-corrected chi connectivity index (χ4v) is 7.73. The third-order valence-corrected chi connectivity index (χ3v) is 10.1. The summed E-state index contributed by atoms with van der Waals surface area (Å²) in [6.07, 6.45) is 6.67. The van der Waals surface area contributed by atoms with Crippen molar-refractivity contribution in [3.05, 3.63) is 112 Å². The van der Waals surface area contributed by atoms with Gasteiger partial charge in [-0.15, -0.1) is 11.8 Å². The number of fused-ring (bicyclic) bond motifs is 1. The zero-order chi connectivity index (χ0) is 28.2. The smallest absolute Gasteiger partial charge is 0.260 e. The van der Waals surface area contributed by atoms with E-state index in [1.165, 1.54) is 29.5 Å². The number of benzene rings is 3. The van der Waals surface area contributed by atoms with Crippen LogP contribution < -0.4 is 0 Å². The molecule has 6 rings (SSSR count). The summed E-state index contributed by atoms with van der Waals surface area (Å²) in [6.45, 7) is 6.91. The van der Waals surface area contributed by atoms with Crippen LogP contribution in [0.25, 0.3) is 6.08 Å². The van der Waals surface area contributed by atoms with Crippen LogP contribution in [0.5, 0.6) is 0 Å². The fraction of sp³-hybridized carbons (Fsp3) is 0.371. The fourth-order valence-electron chi connectivity index (χ4n) is 6.26. The Labute approximate surface area is 248 Å². The van der Waals surface area contributed by atoms with E-state index in [4.69, 9.17) is 0 Å². The molecule has 0 aromatic heterocycles. The Bertz CT molecular complexity index is 1380. The topological polar surface area (TPSA) is 43.9 Å². The van der Waals surface area contributed by atoms with Crippen molar-refractivity contribution in [3.8, 4) is 0 Å². The van der Waals surface area contributed by atoms with Gasteiger partial charge in [0, 0.05) is 56.1 Å². The molecule has 3 fully saturated rings. The first-order valence-corrected chi connectivity index (χ1v) is 15.8. The summed E-state index contributed by atoms with van der Waals surface area (Å²) in [6, 6.07) is 27.1. The molecule has 3 aromatic carbocycles. The largest absolute Gasteiger partial charge is 0.336 e. The summed E-state index contributed by atoms with van der Waals surface area (Å²) in [7, 11) is 0. The molecule has 2 atom stereocenters. The van der Waals surface area contributed by atoms with Gasteiger partial charge in [0.15, 0.2) is 0 Å². The van der Waals surface area contributed by atoms with E-state index < -0.39 is 0 Å². The van der Waals surface area contributed by atoms with Crippen LogP contribution in [-0.2, 0) is 17.9 Å². The van der Waals surface area contributed by atoms with Crippen LogP contribution >= 0.6 is 11.8 Å². The number of carbonyl (C=O) groups is 2. The van der Waals surface area contributed by atoms with E-state index in [0.717, 1.165) is 56.0 Å². The quantitative estimate of drug-likeness (QED) is 0.325. The lowest BCUT2D eigenvalue weighted by Crippen LogP contribution is -2.50. The molecule has 0 N–H and O–H groups in total. The number of hydrogen-bond donors (Lipinski definition) is 0. The summed E-state index contributed by atoms with van der Waals surface area (Å²) in [4.78, 5) is 34.3. The van der Waals surface area contributed by atoms with Crippen LogP contribution in [0.15, 0.2) is 83.8 Å². The van der Waals surface area contributed by atoms with Gasteiger partial charge in [-0.3, -0.25) is 14.5 Å². The lowest BCUT2D eigenvalue weighted by atomic mass is 9.92. The Hall–Kier alpha value is -3.35. The third kappa shape index (κ3) is 6.60. The minimum Gasteiger partial charge on any atom is -0.336 e. The Balaban J connectivity index is 1.11. The van der Waals surface area contributed by atoms with E-state index in [2.05, 4.69) is 65.3 Å². The van der Waals surface area contributed by atoms with E-state index in [0.29, 0.717) is 23.4 Å². The first kappa shape index (κ1) is 27.8. The van der Waals surface area contributed by atoms with Crippen LogP contribution in [0.2, 0.25) is 0 Å². The van der Waals surface area contributed by atoms with Crippen LogP contribution in [0, 0.1) is 6.92 Å². The monoisotopic (exact) mass is 565 g/mol. The number of amides is 2. The van der Waals surface area contributed by atoms with Crippen molar-refractivity contribution in [1.29, 1.82) is 0 Å². The van der Waals surface area contributed by atoms with Crippen LogP contribution in [-0.4, -0.2) is 64.0 Å². The minimum absolute atomic E-state index is 0.0843. The van der Waals surface area contributed by atoms with Gasteiger partial charge in [0.05, 0.1) is 4.91 Å². The second-order valence-corrected chi connectivity index (χ2v) is 12.9. The number of carbonyl (C=O) groups excluding carboxylic acids is 2. The molecule has 2 unspecified atom stereocenters. The number of hydrogen-bond acceptors (Lipinski definition) is 4. The highest BCUT2D eigenvalue weighted by molar-refractivity contribution is 8.04. The van der Waals surface area contributed by atoms with Gasteiger partial charge in [0.1, 0.15) is 0 Å². The summed E-state index contributed by atoms with van der Waals surface area (Å²) < 4.78 is 0. The maximum Gasteiger partial charge on any atom is 0.260 e. The standard InChI is InChI=1S/C35H39N3O2S/c1-26-11-13-29(14-12-26)25-38-31-9-5-6-10-32(31)41-33(35(38)40)23-27-15-17-30(18-16-27)34(39)37-21-19-36(20-22-37)24-28-7-3-2-4-8-28/h2-4,7-8,11-18,23,31-32H,5-6,9-10,19-22,24-25H2,1H3/b33-23+. The van der Waals surface area contributed by atoms with Gasteiger partial charge < -0.3 is 9.80 Å². The maximum absolute atomic E-state index is 13.8. The predicted octanol–water partition coefficient (Wildman–Crippen LogP) is 6.38. The number of rotatable bonds is 6. The van der Waals surface area contributed by atoms with Gasteiger partial charge in [-0.1, -0.05) is 85.1 Å². The average molecular weight is 566 g/mol. The van der Waals surface area contributed by atoms with E-state index in [9.17, 15) is 9.59 Å². The van der Waals surface area contributed by atoms with Gasteiger partial charge in [-0.2, -0.15) is 0 Å². The molecule has 0 bridgehead atoms. The Kier molecular flexibility index (Phi) is 8.59. The van der Waals surface area contributed by atoms with Crippen LogP contribution in [0.3, 0.4) is 0 Å². The van der Waals surface area contributed by atoms with Crippen molar-refractivity contribution in [2.24, 2.45) is 0 Å². The zero-order valence-electron chi connectivity index (χ0n) is 23.9. The third-order valence-electron chi connectivity index (χ3n) is 8.66. The lowest BCUT2D eigenvalue weighted by molar-refractivity contribution is -0.130. The molecule has 2 saturated heterocycles. The zero-order valence-corrected chi connectivity index (χ0v) is 24.7. The molecule has 5 nitrogen and oxygen atoms in total. The van der Waals surface area contributed by atoms with Gasteiger partial charge in [0.2, 0.25) is 0 Å². The lowest BCUT2D eigenvalue weighted by Gasteiger charge is -2.44. The highest BCUT2D eigenvalue weighted by Gasteiger charge is 2.40. The first-order valence-electron chi connectivity index (χ1n) is 14.9. The molecule has 6 heteroatoms. The molecule has 2 heterocycles. The molecule has 0 spiro atoms. The van der Waals surface area contributed by atoms with Crippen molar-refractivity contribution in [1.82, 2.24) is 14.7 Å². The second kappa shape index (κ2) is 12.7. The first-order chi connectivity index (χ1) is 20.0. The molecular weight excluding hydrogens is 526 g/mol. The van der Waals surface area contributed by atoms with Crippen LogP contribution in [0.4, 0.5) is 0 Å². The summed E-state index contributed by atoms with van der Waals surface area (Å²) in [5.74, 6) is 0.216. The SMILES string of the molecule is Cc1ccc(CN2C(=O)/C(=C\c3ccc(C(=O)N4CCN(Cc5ccccc5)CC4)cc3)SC3CCCCC32)cc1. The van der Waals surface area contributed by atoms with Crippen LogP contribution in [0.1, 0.15) is 58.3 Å². The Morgan fingerprint density at radius 2 is 1.51 bits per heavy atom. The normalized spacial score (nSPS) is 22.6. The number of aryl methyl sites for hydroxylation is 1. The van der Waals surface area contributed by atoms with Crippen molar-refractivity contribution in [3.63, 3.8) is 0 Å². The van der Waals surface area contributed by atoms with Gasteiger partial charge in [-0.05, 0) is 54.7 Å². The second-order valence-electron chi connectivity index (χ2n) is 11.6. The summed E-state index contributed by atoms with van der Waals surface area (Å²) in [5, 5.41) is 0.444. The number of piperazine rings is 1. The van der Waals surface area contributed by atoms with E-state index in [1.54, 1.807) is 11.8 Å². The van der Waals surface area contributed by atoms with E-state index >= 15 is 0 Å². The molecule has 3 aromatic rings. The molecular formula is C35H39N3O2S. The van der Waals surface area contributed by atoms with E-state index in [1.807, 2.05) is 41.3 Å². The highest BCUT2D eigenvalue weighted by Crippen LogP contribution is 2.42. The highest BCUT2D eigenvalue weighted by atomic mass is 32.2. The Morgan fingerprint density at radius 3 is 2.24 bits per heavy atom. The maximum atomic E-state index is 13.8. The van der Waals surface area contributed by atoms with Gasteiger partial charge in [0.25, 0.3) is 11.8 Å². The van der Waals surface area contributed by atoms with Crippen molar-refractivity contribution >= 4 is 29.7 Å². The molecule has 1 saturated carbocycles. The van der Waals surface area contributed by atoms with Gasteiger partial charge >= 0.3 is 0 Å². The van der Waals surface area contributed by atoms with E-state index in [-0.39, 0.29) is 11.8 Å². The van der Waals surface area contributed by atoms with Crippen molar-refractivity contribution in [2.75, 3.05) is 26.2 Å². The molecule has 3 aliphatic rings. The minimum atomic E-state index is 0.0843. The molecule has 2 aliphatic heterocycles. The molecule has 0 radical (unpaired) electrons. The van der Waals surface area contributed by atoms with Gasteiger partial charge in [-0.25, -0.2) is 0 Å². The predicted molar refractivity (Wildman–Crippen MR) is 167 cm³/mol. The Morgan fingerprint density at radius 1 is 0.829 bits per heavy atom. The molecule has 1 aliphatic carbocycles. The number of nitrogens with zero attached hydrogens (tertiary/aromatic N) is 3. The molecule has 41 heavy (non-hydrogen) atoms. The number of thioether (sulfide) groups is 1. The average Bonchev–Trinajstić information content (AvgIpc) is 3.01. The summed E-state index contributed by atoms with van der Waals surface area (Å²) >= 11 is 1.76.